The smallest absolute Gasteiger partial charge is 0.241 e. The predicted octanol–water partition coefficient (Wildman–Crippen LogP) is 2.40. The van der Waals surface area contributed by atoms with E-state index in [9.17, 15) is 4.79 Å². The summed E-state index contributed by atoms with van der Waals surface area (Å²) in [5.41, 5.74) is 2.70. The Bertz CT molecular complexity index is 743. The molecule has 2 aromatic rings. The molecule has 1 aromatic carbocycles. The van der Waals surface area contributed by atoms with E-state index in [1.165, 1.54) is 11.1 Å². The zero-order chi connectivity index (χ0) is 16.5. The first kappa shape index (κ1) is 15.3. The molecule has 24 heavy (non-hydrogen) atoms. The number of benzene rings is 1. The van der Waals surface area contributed by atoms with Crippen LogP contribution in [-0.4, -0.2) is 40.8 Å². The molecule has 2 aliphatic rings. The van der Waals surface area contributed by atoms with Crippen molar-refractivity contribution in [1.29, 1.82) is 0 Å². The summed E-state index contributed by atoms with van der Waals surface area (Å²) in [4.78, 5) is 14.8. The Hall–Kier alpha value is -2.21. The van der Waals surface area contributed by atoms with E-state index in [2.05, 4.69) is 34.5 Å². The average molecular weight is 327 g/mol. The van der Waals surface area contributed by atoms with Crippen LogP contribution in [-0.2, 0) is 16.0 Å². The molecule has 0 radical (unpaired) electrons. The molecule has 0 N–H and O–H groups in total. The summed E-state index contributed by atoms with van der Waals surface area (Å²) in [5, 5.41) is 7.96. The zero-order valence-corrected chi connectivity index (χ0v) is 13.8. The highest BCUT2D eigenvalue weighted by molar-refractivity contribution is 5.78. The van der Waals surface area contributed by atoms with Crippen LogP contribution >= 0.6 is 0 Å². The quantitative estimate of drug-likeness (QED) is 0.866. The monoisotopic (exact) mass is 327 g/mol. The summed E-state index contributed by atoms with van der Waals surface area (Å²) in [6, 6.07) is 8.17. The SMILES string of the molecule is Cc1nnc([C@H]2COCCN2C(=O)C[C@H]2CCc3ccccc32)o1. The van der Waals surface area contributed by atoms with Crippen LogP contribution in [0.25, 0.3) is 0 Å². The van der Waals surface area contributed by atoms with Gasteiger partial charge in [0.05, 0.1) is 13.2 Å². The Kier molecular flexibility index (Phi) is 4.06. The van der Waals surface area contributed by atoms with E-state index in [0.29, 0.717) is 43.9 Å². The third kappa shape index (κ3) is 2.82. The zero-order valence-electron chi connectivity index (χ0n) is 13.8. The van der Waals surface area contributed by atoms with Gasteiger partial charge < -0.3 is 14.1 Å². The summed E-state index contributed by atoms with van der Waals surface area (Å²) in [6.45, 7) is 3.28. The molecule has 1 fully saturated rings. The first-order valence-electron chi connectivity index (χ1n) is 8.47. The molecular weight excluding hydrogens is 306 g/mol. The van der Waals surface area contributed by atoms with Gasteiger partial charge in [-0.15, -0.1) is 10.2 Å². The van der Waals surface area contributed by atoms with Gasteiger partial charge in [-0.1, -0.05) is 24.3 Å². The molecule has 6 heteroatoms. The van der Waals surface area contributed by atoms with Crippen LogP contribution in [0.5, 0.6) is 0 Å². The van der Waals surface area contributed by atoms with Crippen LogP contribution in [0.2, 0.25) is 0 Å². The summed E-state index contributed by atoms with van der Waals surface area (Å²) >= 11 is 0. The Morgan fingerprint density at radius 1 is 1.33 bits per heavy atom. The number of carbonyl (C=O) groups is 1. The molecule has 0 bridgehead atoms. The molecule has 2 heterocycles. The number of fused-ring (bicyclic) bond motifs is 1. The highest BCUT2D eigenvalue weighted by atomic mass is 16.5. The maximum absolute atomic E-state index is 12.9. The molecule has 0 unspecified atom stereocenters. The van der Waals surface area contributed by atoms with Gasteiger partial charge in [0.15, 0.2) is 0 Å². The normalized spacial score (nSPS) is 23.3. The van der Waals surface area contributed by atoms with Gasteiger partial charge >= 0.3 is 0 Å². The van der Waals surface area contributed by atoms with Gasteiger partial charge in [0.1, 0.15) is 6.04 Å². The second-order valence-electron chi connectivity index (χ2n) is 6.48. The number of aryl methyl sites for hydroxylation is 2. The fraction of sp³-hybridized carbons (Fsp3) is 0.500. The van der Waals surface area contributed by atoms with Gasteiger partial charge in [-0.2, -0.15) is 0 Å². The summed E-state index contributed by atoms with van der Waals surface area (Å²) in [7, 11) is 0. The summed E-state index contributed by atoms with van der Waals surface area (Å²) in [5.74, 6) is 1.42. The first-order valence-corrected chi connectivity index (χ1v) is 8.47. The van der Waals surface area contributed by atoms with E-state index in [1.54, 1.807) is 6.92 Å². The van der Waals surface area contributed by atoms with E-state index >= 15 is 0 Å². The van der Waals surface area contributed by atoms with Crippen molar-refractivity contribution in [3.63, 3.8) is 0 Å². The lowest BCUT2D eigenvalue weighted by atomic mass is 9.97. The largest absolute Gasteiger partial charge is 0.423 e. The fourth-order valence-corrected chi connectivity index (χ4v) is 3.74. The molecule has 1 aliphatic carbocycles. The second-order valence-corrected chi connectivity index (χ2v) is 6.48. The van der Waals surface area contributed by atoms with E-state index < -0.39 is 0 Å². The number of ether oxygens (including phenoxy) is 1. The van der Waals surface area contributed by atoms with E-state index in [-0.39, 0.29) is 11.9 Å². The van der Waals surface area contributed by atoms with E-state index in [4.69, 9.17) is 9.15 Å². The molecule has 0 saturated carbocycles. The predicted molar refractivity (Wildman–Crippen MR) is 86.4 cm³/mol. The van der Waals surface area contributed by atoms with Crippen molar-refractivity contribution in [3.8, 4) is 0 Å². The lowest BCUT2D eigenvalue weighted by molar-refractivity contribution is -0.141. The second kappa shape index (κ2) is 6.36. The van der Waals surface area contributed by atoms with Crippen LogP contribution in [0.1, 0.15) is 47.7 Å². The highest BCUT2D eigenvalue weighted by Crippen LogP contribution is 2.36. The molecule has 1 aromatic heterocycles. The molecule has 1 amide bonds. The van der Waals surface area contributed by atoms with Crippen LogP contribution in [0.15, 0.2) is 28.7 Å². The Labute approximate surface area is 140 Å². The lowest BCUT2D eigenvalue weighted by Gasteiger charge is -2.34. The van der Waals surface area contributed by atoms with Gasteiger partial charge in [-0.3, -0.25) is 4.79 Å². The van der Waals surface area contributed by atoms with Crippen molar-refractivity contribution in [2.75, 3.05) is 19.8 Å². The minimum Gasteiger partial charge on any atom is -0.423 e. The maximum Gasteiger partial charge on any atom is 0.241 e. The van der Waals surface area contributed by atoms with Crippen molar-refractivity contribution in [2.45, 2.75) is 38.1 Å². The van der Waals surface area contributed by atoms with Crippen molar-refractivity contribution in [1.82, 2.24) is 15.1 Å². The fourth-order valence-electron chi connectivity index (χ4n) is 3.74. The van der Waals surface area contributed by atoms with Gasteiger partial charge in [-0.05, 0) is 29.9 Å². The number of morpholine rings is 1. The number of carbonyl (C=O) groups excluding carboxylic acids is 1. The molecule has 126 valence electrons. The first-order chi connectivity index (χ1) is 11.7. The van der Waals surface area contributed by atoms with E-state index in [0.717, 1.165) is 12.8 Å². The highest BCUT2D eigenvalue weighted by Gasteiger charge is 2.34. The van der Waals surface area contributed by atoms with Gasteiger partial charge in [0.2, 0.25) is 17.7 Å². The summed E-state index contributed by atoms with van der Waals surface area (Å²) in [6.07, 6.45) is 2.63. The van der Waals surface area contributed by atoms with Crippen molar-refractivity contribution in [2.24, 2.45) is 0 Å². The Morgan fingerprint density at radius 2 is 2.21 bits per heavy atom. The molecular formula is C18H21N3O3. The molecule has 0 spiro atoms. The van der Waals surface area contributed by atoms with Crippen LogP contribution in [0.3, 0.4) is 0 Å². The number of hydrogen-bond donors (Lipinski definition) is 0. The van der Waals surface area contributed by atoms with Gasteiger partial charge in [-0.25, -0.2) is 0 Å². The lowest BCUT2D eigenvalue weighted by Crippen LogP contribution is -2.43. The van der Waals surface area contributed by atoms with Gasteiger partial charge in [0, 0.05) is 19.9 Å². The van der Waals surface area contributed by atoms with E-state index in [1.807, 2.05) is 4.90 Å². The average Bonchev–Trinajstić information content (AvgIpc) is 3.22. The third-order valence-corrected chi connectivity index (χ3v) is 4.95. The summed E-state index contributed by atoms with van der Waals surface area (Å²) < 4.78 is 11.1. The van der Waals surface area contributed by atoms with Crippen LogP contribution in [0, 0.1) is 6.92 Å². The number of aromatic nitrogens is 2. The minimum atomic E-state index is -0.274. The standard InChI is InChI=1S/C18H21N3O3/c1-12-19-20-18(24-12)16-11-23-9-8-21(16)17(22)10-14-7-6-13-4-2-3-5-15(13)14/h2-5,14,16H,6-11H2,1H3/t14-,16-/m1/s1. The number of amides is 1. The number of hydrogen-bond acceptors (Lipinski definition) is 5. The van der Waals surface area contributed by atoms with Crippen LogP contribution < -0.4 is 0 Å². The van der Waals surface area contributed by atoms with Crippen molar-refractivity contribution >= 4 is 5.91 Å². The number of nitrogens with zero attached hydrogens (tertiary/aromatic N) is 3. The third-order valence-electron chi connectivity index (χ3n) is 4.95. The Balaban J connectivity index is 1.50. The molecule has 6 nitrogen and oxygen atoms in total. The topological polar surface area (TPSA) is 68.5 Å². The maximum atomic E-state index is 12.9. The van der Waals surface area contributed by atoms with Crippen molar-refractivity contribution < 1.29 is 13.9 Å². The number of rotatable bonds is 3. The van der Waals surface area contributed by atoms with Gasteiger partial charge in [0.25, 0.3) is 0 Å². The Morgan fingerprint density at radius 3 is 3.04 bits per heavy atom. The molecule has 1 saturated heterocycles. The van der Waals surface area contributed by atoms with Crippen LogP contribution in [0.4, 0.5) is 0 Å². The molecule has 1 aliphatic heterocycles. The molecule has 4 rings (SSSR count). The minimum absolute atomic E-state index is 0.140. The molecule has 2 atom stereocenters. The van der Waals surface area contributed by atoms with Crippen molar-refractivity contribution in [3.05, 3.63) is 47.2 Å².